The van der Waals surface area contributed by atoms with Crippen LogP contribution in [0, 0.1) is 11.3 Å². The SMILES string of the molecule is COCCCOC(=O)C(CN)CC(C)(C)C. The minimum atomic E-state index is -0.192. The quantitative estimate of drug-likeness (QED) is 0.534. The molecular weight excluding hydrogens is 206 g/mol. The molecule has 2 N–H and O–H groups in total. The van der Waals surface area contributed by atoms with Gasteiger partial charge in [-0.15, -0.1) is 0 Å². The monoisotopic (exact) mass is 231 g/mol. The van der Waals surface area contributed by atoms with Crippen molar-refractivity contribution in [3.05, 3.63) is 0 Å². The maximum atomic E-state index is 11.7. The lowest BCUT2D eigenvalue weighted by Crippen LogP contribution is -2.30. The molecule has 1 atom stereocenters. The van der Waals surface area contributed by atoms with E-state index in [0.717, 1.165) is 12.8 Å². The second kappa shape index (κ2) is 7.63. The first-order chi connectivity index (χ1) is 7.40. The van der Waals surface area contributed by atoms with Crippen LogP contribution in [0.4, 0.5) is 0 Å². The molecule has 0 aliphatic heterocycles. The lowest BCUT2D eigenvalue weighted by Gasteiger charge is -2.23. The summed E-state index contributed by atoms with van der Waals surface area (Å²) in [7, 11) is 1.63. The standard InChI is InChI=1S/C12H25NO3/c1-12(2,3)8-10(9-13)11(14)16-7-5-6-15-4/h10H,5-9,13H2,1-4H3. The summed E-state index contributed by atoms with van der Waals surface area (Å²) in [6.45, 7) is 7.64. The van der Waals surface area contributed by atoms with E-state index in [0.29, 0.717) is 19.8 Å². The Morgan fingerprint density at radius 3 is 2.38 bits per heavy atom. The van der Waals surface area contributed by atoms with Crippen LogP contribution in [0.15, 0.2) is 0 Å². The molecular formula is C12H25NO3. The summed E-state index contributed by atoms with van der Waals surface area (Å²) in [5.74, 6) is -0.379. The van der Waals surface area contributed by atoms with Crippen molar-refractivity contribution in [2.45, 2.75) is 33.6 Å². The van der Waals surface area contributed by atoms with Crippen LogP contribution >= 0.6 is 0 Å². The van der Waals surface area contributed by atoms with Gasteiger partial charge >= 0.3 is 5.97 Å². The lowest BCUT2D eigenvalue weighted by atomic mass is 9.85. The summed E-state index contributed by atoms with van der Waals surface area (Å²) in [5.41, 5.74) is 5.68. The fourth-order valence-corrected chi connectivity index (χ4v) is 1.50. The second-order valence-electron chi connectivity index (χ2n) is 5.21. The highest BCUT2D eigenvalue weighted by Crippen LogP contribution is 2.24. The first-order valence-electron chi connectivity index (χ1n) is 5.76. The molecule has 0 amide bonds. The van der Waals surface area contributed by atoms with Gasteiger partial charge in [0.1, 0.15) is 0 Å². The van der Waals surface area contributed by atoms with E-state index in [1.807, 2.05) is 0 Å². The van der Waals surface area contributed by atoms with Crippen LogP contribution in [0.2, 0.25) is 0 Å². The molecule has 0 saturated heterocycles. The smallest absolute Gasteiger partial charge is 0.310 e. The van der Waals surface area contributed by atoms with Gasteiger partial charge < -0.3 is 15.2 Å². The molecule has 0 aromatic carbocycles. The number of carbonyl (C=O) groups is 1. The zero-order chi connectivity index (χ0) is 12.6. The molecule has 1 unspecified atom stereocenters. The van der Waals surface area contributed by atoms with Crippen molar-refractivity contribution < 1.29 is 14.3 Å². The summed E-state index contributed by atoms with van der Waals surface area (Å²) in [6.07, 6.45) is 1.49. The fourth-order valence-electron chi connectivity index (χ4n) is 1.50. The summed E-state index contributed by atoms with van der Waals surface area (Å²) < 4.78 is 10.0. The second-order valence-corrected chi connectivity index (χ2v) is 5.21. The van der Waals surface area contributed by atoms with Crippen LogP contribution in [0.25, 0.3) is 0 Å². The molecule has 0 bridgehead atoms. The normalized spacial score (nSPS) is 13.6. The topological polar surface area (TPSA) is 61.5 Å². The zero-order valence-corrected chi connectivity index (χ0v) is 10.9. The molecule has 0 rings (SSSR count). The number of rotatable bonds is 7. The molecule has 0 heterocycles. The Morgan fingerprint density at radius 2 is 1.94 bits per heavy atom. The Balaban J connectivity index is 3.92. The Hall–Kier alpha value is -0.610. The minimum absolute atomic E-state index is 0.0928. The molecule has 0 aliphatic carbocycles. The highest BCUT2D eigenvalue weighted by Gasteiger charge is 2.24. The van der Waals surface area contributed by atoms with E-state index >= 15 is 0 Å². The lowest BCUT2D eigenvalue weighted by molar-refractivity contribution is -0.149. The molecule has 0 aliphatic rings. The van der Waals surface area contributed by atoms with Gasteiger partial charge in [-0.2, -0.15) is 0 Å². The van der Waals surface area contributed by atoms with Gasteiger partial charge in [0, 0.05) is 26.7 Å². The molecule has 0 spiro atoms. The summed E-state index contributed by atoms with van der Waals surface area (Å²) in [5, 5.41) is 0. The number of carbonyl (C=O) groups excluding carboxylic acids is 1. The molecule has 16 heavy (non-hydrogen) atoms. The molecule has 4 heteroatoms. The van der Waals surface area contributed by atoms with Gasteiger partial charge in [-0.3, -0.25) is 4.79 Å². The third-order valence-corrected chi connectivity index (χ3v) is 2.21. The predicted molar refractivity (Wildman–Crippen MR) is 64.1 cm³/mol. The van der Waals surface area contributed by atoms with Crippen LogP contribution in [0.3, 0.4) is 0 Å². The summed E-state index contributed by atoms with van der Waals surface area (Å²) >= 11 is 0. The number of ether oxygens (including phenoxy) is 2. The van der Waals surface area contributed by atoms with Crippen molar-refractivity contribution >= 4 is 5.97 Å². The third-order valence-electron chi connectivity index (χ3n) is 2.21. The molecule has 0 aromatic heterocycles. The molecule has 0 aromatic rings. The van der Waals surface area contributed by atoms with Gasteiger partial charge in [0.25, 0.3) is 0 Å². The predicted octanol–water partition coefficient (Wildman–Crippen LogP) is 1.58. The number of hydrogen-bond donors (Lipinski definition) is 1. The number of nitrogens with two attached hydrogens (primary N) is 1. The van der Waals surface area contributed by atoms with Crippen molar-refractivity contribution in [3.8, 4) is 0 Å². The van der Waals surface area contributed by atoms with Crippen LogP contribution < -0.4 is 5.73 Å². The van der Waals surface area contributed by atoms with E-state index in [2.05, 4.69) is 20.8 Å². The van der Waals surface area contributed by atoms with Crippen molar-refractivity contribution in [1.82, 2.24) is 0 Å². The van der Waals surface area contributed by atoms with Crippen LogP contribution in [-0.2, 0) is 14.3 Å². The summed E-state index contributed by atoms with van der Waals surface area (Å²) in [6, 6.07) is 0. The highest BCUT2D eigenvalue weighted by atomic mass is 16.5. The largest absolute Gasteiger partial charge is 0.465 e. The third kappa shape index (κ3) is 7.65. The van der Waals surface area contributed by atoms with Gasteiger partial charge in [0.15, 0.2) is 0 Å². The minimum Gasteiger partial charge on any atom is -0.465 e. The van der Waals surface area contributed by atoms with Gasteiger partial charge in [0.2, 0.25) is 0 Å². The van der Waals surface area contributed by atoms with Gasteiger partial charge in [-0.1, -0.05) is 20.8 Å². The number of esters is 1. The van der Waals surface area contributed by atoms with Crippen molar-refractivity contribution in [3.63, 3.8) is 0 Å². The van der Waals surface area contributed by atoms with Crippen molar-refractivity contribution in [1.29, 1.82) is 0 Å². The first-order valence-corrected chi connectivity index (χ1v) is 5.76. The van der Waals surface area contributed by atoms with Crippen LogP contribution in [-0.4, -0.2) is 32.8 Å². The Bertz CT molecular complexity index is 199. The van der Waals surface area contributed by atoms with Crippen molar-refractivity contribution in [2.24, 2.45) is 17.1 Å². The maximum Gasteiger partial charge on any atom is 0.310 e. The highest BCUT2D eigenvalue weighted by molar-refractivity contribution is 5.72. The fraction of sp³-hybridized carbons (Fsp3) is 0.917. The van der Waals surface area contributed by atoms with E-state index in [1.165, 1.54) is 0 Å². The number of methoxy groups -OCH3 is 1. The van der Waals surface area contributed by atoms with Gasteiger partial charge in [-0.25, -0.2) is 0 Å². The molecule has 0 fully saturated rings. The molecule has 0 radical (unpaired) electrons. The van der Waals surface area contributed by atoms with E-state index < -0.39 is 0 Å². The maximum absolute atomic E-state index is 11.7. The number of hydrogen-bond acceptors (Lipinski definition) is 4. The van der Waals surface area contributed by atoms with Crippen molar-refractivity contribution in [2.75, 3.05) is 26.9 Å². The average molecular weight is 231 g/mol. The Morgan fingerprint density at radius 1 is 1.31 bits per heavy atom. The van der Waals surface area contributed by atoms with Crippen LogP contribution in [0.1, 0.15) is 33.6 Å². The zero-order valence-electron chi connectivity index (χ0n) is 10.9. The summed E-state index contributed by atoms with van der Waals surface area (Å²) in [4.78, 5) is 11.7. The molecule has 4 nitrogen and oxygen atoms in total. The Labute approximate surface area is 98.5 Å². The van der Waals surface area contributed by atoms with Gasteiger partial charge in [-0.05, 0) is 11.8 Å². The first kappa shape index (κ1) is 15.4. The Kier molecular flexibility index (Phi) is 7.34. The average Bonchev–Trinajstić information content (AvgIpc) is 2.19. The molecule has 96 valence electrons. The molecule has 0 saturated carbocycles. The van der Waals surface area contributed by atoms with E-state index in [1.54, 1.807) is 7.11 Å². The van der Waals surface area contributed by atoms with E-state index in [-0.39, 0.29) is 17.3 Å². The van der Waals surface area contributed by atoms with Crippen LogP contribution in [0.5, 0.6) is 0 Å². The van der Waals surface area contributed by atoms with E-state index in [4.69, 9.17) is 15.2 Å². The van der Waals surface area contributed by atoms with E-state index in [9.17, 15) is 4.79 Å². The van der Waals surface area contributed by atoms with Gasteiger partial charge in [0.05, 0.1) is 12.5 Å².